The summed E-state index contributed by atoms with van der Waals surface area (Å²) in [5, 5.41) is 0.657. The van der Waals surface area contributed by atoms with Gasteiger partial charge >= 0.3 is 6.01 Å². The molecule has 0 aliphatic heterocycles. The molecule has 0 unspecified atom stereocenters. The van der Waals surface area contributed by atoms with E-state index in [1.165, 1.54) is 0 Å². The maximum atomic E-state index is 5.93. The normalized spacial score (nSPS) is 10.8. The van der Waals surface area contributed by atoms with Gasteiger partial charge in [0.1, 0.15) is 5.52 Å². The van der Waals surface area contributed by atoms with E-state index in [0.717, 1.165) is 16.8 Å². The van der Waals surface area contributed by atoms with Crippen molar-refractivity contribution in [2.45, 2.75) is 0 Å². The number of fused-ring (bicyclic) bond motifs is 1. The number of anilines is 2. The molecule has 3 aromatic rings. The number of rotatable bonds is 2. The van der Waals surface area contributed by atoms with E-state index >= 15 is 0 Å². The molecule has 3 rings (SSSR count). The minimum Gasteiger partial charge on any atom is -0.423 e. The zero-order chi connectivity index (χ0) is 12.5. The second-order valence-electron chi connectivity index (χ2n) is 4.00. The van der Waals surface area contributed by atoms with Crippen molar-refractivity contribution in [1.29, 1.82) is 0 Å². The van der Waals surface area contributed by atoms with Crippen LogP contribution in [0.15, 0.2) is 52.9 Å². The summed E-state index contributed by atoms with van der Waals surface area (Å²) in [5.74, 6) is 0. The fraction of sp³-hybridized carbons (Fsp3) is 0.0714. The Morgan fingerprint density at radius 1 is 1.11 bits per heavy atom. The summed E-state index contributed by atoms with van der Waals surface area (Å²) in [6, 6.07) is 15.9. The van der Waals surface area contributed by atoms with E-state index in [2.05, 4.69) is 4.98 Å². The highest BCUT2D eigenvalue weighted by Gasteiger charge is 2.11. The van der Waals surface area contributed by atoms with Crippen molar-refractivity contribution in [1.82, 2.24) is 4.98 Å². The highest BCUT2D eigenvalue weighted by atomic mass is 35.5. The van der Waals surface area contributed by atoms with E-state index in [0.29, 0.717) is 11.0 Å². The number of benzene rings is 2. The van der Waals surface area contributed by atoms with Crippen LogP contribution in [0.25, 0.3) is 11.1 Å². The summed E-state index contributed by atoms with van der Waals surface area (Å²) in [7, 11) is 1.92. The Balaban J connectivity index is 2.04. The van der Waals surface area contributed by atoms with Gasteiger partial charge in [0.25, 0.3) is 0 Å². The molecule has 0 aliphatic rings. The van der Waals surface area contributed by atoms with Crippen molar-refractivity contribution in [2.75, 3.05) is 11.9 Å². The molecule has 0 radical (unpaired) electrons. The van der Waals surface area contributed by atoms with Crippen LogP contribution in [0.2, 0.25) is 5.02 Å². The van der Waals surface area contributed by atoms with Crippen LogP contribution in [-0.4, -0.2) is 12.0 Å². The maximum absolute atomic E-state index is 5.93. The lowest BCUT2D eigenvalue weighted by molar-refractivity contribution is 0.603. The number of oxazole rings is 1. The van der Waals surface area contributed by atoms with Crippen molar-refractivity contribution in [3.05, 3.63) is 53.6 Å². The predicted molar refractivity (Wildman–Crippen MR) is 73.5 cm³/mol. The minimum atomic E-state index is 0.554. The average Bonchev–Trinajstić information content (AvgIpc) is 2.81. The molecule has 0 bridgehead atoms. The number of para-hydroxylation sites is 1. The lowest BCUT2D eigenvalue weighted by Crippen LogP contribution is -2.09. The molecule has 0 aliphatic carbocycles. The minimum absolute atomic E-state index is 0.554. The predicted octanol–water partition coefficient (Wildman–Crippen LogP) is 4.25. The largest absolute Gasteiger partial charge is 0.423 e. The molecule has 0 saturated heterocycles. The van der Waals surface area contributed by atoms with Gasteiger partial charge in [0.2, 0.25) is 0 Å². The molecule has 1 heterocycles. The Bertz CT molecular complexity index is 679. The quantitative estimate of drug-likeness (QED) is 0.688. The first-order valence-electron chi connectivity index (χ1n) is 5.59. The first-order valence-corrected chi connectivity index (χ1v) is 5.97. The number of hydrogen-bond donors (Lipinski definition) is 0. The second kappa shape index (κ2) is 4.35. The lowest BCUT2D eigenvalue weighted by atomic mass is 10.3. The summed E-state index contributed by atoms with van der Waals surface area (Å²) in [4.78, 5) is 6.32. The smallest absolute Gasteiger partial charge is 0.302 e. The molecule has 0 amide bonds. The van der Waals surface area contributed by atoms with Crippen molar-refractivity contribution in [3.63, 3.8) is 0 Å². The van der Waals surface area contributed by atoms with Gasteiger partial charge in [-0.15, -0.1) is 0 Å². The van der Waals surface area contributed by atoms with Gasteiger partial charge in [-0.3, -0.25) is 4.90 Å². The van der Waals surface area contributed by atoms with Crippen LogP contribution in [-0.2, 0) is 0 Å². The second-order valence-corrected chi connectivity index (χ2v) is 4.44. The molecule has 0 fully saturated rings. The standard InChI is InChI=1S/C14H11ClN2O/c1-17(11-5-3-2-4-6-11)14-16-12-9-10(15)7-8-13(12)18-14/h2-9H,1H3. The van der Waals surface area contributed by atoms with E-state index in [1.807, 2.05) is 48.3 Å². The summed E-state index contributed by atoms with van der Waals surface area (Å²) in [6.07, 6.45) is 0. The third-order valence-electron chi connectivity index (χ3n) is 2.77. The Morgan fingerprint density at radius 3 is 2.67 bits per heavy atom. The van der Waals surface area contributed by atoms with Crippen LogP contribution in [0.1, 0.15) is 0 Å². The van der Waals surface area contributed by atoms with E-state index in [4.69, 9.17) is 16.0 Å². The summed E-state index contributed by atoms with van der Waals surface area (Å²) in [5.41, 5.74) is 2.52. The molecule has 18 heavy (non-hydrogen) atoms. The highest BCUT2D eigenvalue weighted by molar-refractivity contribution is 6.31. The fourth-order valence-electron chi connectivity index (χ4n) is 1.79. The Labute approximate surface area is 110 Å². The van der Waals surface area contributed by atoms with Gasteiger partial charge in [0.05, 0.1) is 0 Å². The molecule has 0 saturated carbocycles. The monoisotopic (exact) mass is 258 g/mol. The van der Waals surface area contributed by atoms with Gasteiger partial charge in [-0.25, -0.2) is 0 Å². The van der Waals surface area contributed by atoms with Gasteiger partial charge in [-0.2, -0.15) is 4.98 Å². The molecule has 0 atom stereocenters. The average molecular weight is 259 g/mol. The van der Waals surface area contributed by atoms with Crippen molar-refractivity contribution in [2.24, 2.45) is 0 Å². The zero-order valence-electron chi connectivity index (χ0n) is 9.80. The Morgan fingerprint density at radius 2 is 1.89 bits per heavy atom. The van der Waals surface area contributed by atoms with Crippen LogP contribution in [0.4, 0.5) is 11.7 Å². The summed E-state index contributed by atoms with van der Waals surface area (Å²) >= 11 is 5.93. The molecule has 3 nitrogen and oxygen atoms in total. The van der Waals surface area contributed by atoms with Crippen LogP contribution < -0.4 is 4.90 Å². The molecule has 0 N–H and O–H groups in total. The van der Waals surface area contributed by atoms with Gasteiger partial charge in [0.15, 0.2) is 5.58 Å². The number of aromatic nitrogens is 1. The van der Waals surface area contributed by atoms with E-state index in [9.17, 15) is 0 Å². The first-order chi connectivity index (χ1) is 8.74. The van der Waals surface area contributed by atoms with E-state index in [1.54, 1.807) is 12.1 Å². The summed E-state index contributed by atoms with van der Waals surface area (Å²) in [6.45, 7) is 0. The maximum Gasteiger partial charge on any atom is 0.302 e. The Hall–Kier alpha value is -2.00. The van der Waals surface area contributed by atoms with Gasteiger partial charge in [0, 0.05) is 17.8 Å². The topological polar surface area (TPSA) is 29.3 Å². The third kappa shape index (κ3) is 1.93. The molecule has 2 aromatic carbocycles. The van der Waals surface area contributed by atoms with E-state index < -0.39 is 0 Å². The van der Waals surface area contributed by atoms with Crippen molar-refractivity contribution in [3.8, 4) is 0 Å². The first kappa shape index (κ1) is 11.1. The molecular formula is C14H11ClN2O. The van der Waals surface area contributed by atoms with Gasteiger partial charge in [-0.05, 0) is 30.3 Å². The van der Waals surface area contributed by atoms with Gasteiger partial charge in [-0.1, -0.05) is 29.8 Å². The highest BCUT2D eigenvalue weighted by Crippen LogP contribution is 2.27. The van der Waals surface area contributed by atoms with Crippen LogP contribution in [0.5, 0.6) is 0 Å². The van der Waals surface area contributed by atoms with Crippen LogP contribution >= 0.6 is 11.6 Å². The Kier molecular flexibility index (Phi) is 2.68. The molecular weight excluding hydrogens is 248 g/mol. The van der Waals surface area contributed by atoms with Crippen LogP contribution in [0.3, 0.4) is 0 Å². The molecule has 0 spiro atoms. The number of nitrogens with zero attached hydrogens (tertiary/aromatic N) is 2. The summed E-state index contributed by atoms with van der Waals surface area (Å²) < 4.78 is 5.70. The molecule has 90 valence electrons. The van der Waals surface area contributed by atoms with Crippen molar-refractivity contribution < 1.29 is 4.42 Å². The zero-order valence-corrected chi connectivity index (χ0v) is 10.6. The van der Waals surface area contributed by atoms with Crippen LogP contribution in [0, 0.1) is 0 Å². The van der Waals surface area contributed by atoms with Gasteiger partial charge < -0.3 is 4.42 Å². The molecule has 1 aromatic heterocycles. The molecule has 4 heteroatoms. The SMILES string of the molecule is CN(c1ccccc1)c1nc2cc(Cl)ccc2o1. The number of hydrogen-bond acceptors (Lipinski definition) is 3. The number of halogens is 1. The third-order valence-corrected chi connectivity index (χ3v) is 3.00. The lowest BCUT2D eigenvalue weighted by Gasteiger charge is -2.13. The van der Waals surface area contributed by atoms with Crippen molar-refractivity contribution >= 4 is 34.4 Å². The van der Waals surface area contributed by atoms with E-state index in [-0.39, 0.29) is 0 Å². The fourth-order valence-corrected chi connectivity index (χ4v) is 1.96.